The molecule has 0 radical (unpaired) electrons. The summed E-state index contributed by atoms with van der Waals surface area (Å²) in [6.45, 7) is 3.44. The predicted octanol–water partition coefficient (Wildman–Crippen LogP) is 1.44. The molecule has 20 heavy (non-hydrogen) atoms. The topological polar surface area (TPSA) is 114 Å². The lowest BCUT2D eigenvalue weighted by Crippen LogP contribution is -2.17. The highest BCUT2D eigenvalue weighted by Crippen LogP contribution is 2.22. The fraction of sp³-hybridized carbons (Fsp3) is 0.273. The average molecular weight is 360 g/mol. The number of H-pyrrole nitrogens is 1. The van der Waals surface area contributed by atoms with E-state index in [4.69, 9.17) is 5.73 Å². The fourth-order valence-electron chi connectivity index (χ4n) is 1.75. The number of anilines is 1. The Kier molecular flexibility index (Phi) is 4.11. The third-order valence-corrected chi connectivity index (χ3v) is 5.08. The molecule has 0 atom stereocenters. The summed E-state index contributed by atoms with van der Waals surface area (Å²) < 4.78 is 28.0. The maximum absolute atomic E-state index is 12.4. The van der Waals surface area contributed by atoms with E-state index in [1.54, 1.807) is 26.0 Å². The van der Waals surface area contributed by atoms with Crippen LogP contribution in [0, 0.1) is 13.8 Å². The van der Waals surface area contributed by atoms with Crippen LogP contribution in [-0.4, -0.2) is 23.6 Å². The van der Waals surface area contributed by atoms with Crippen LogP contribution in [0.4, 0.5) is 5.82 Å². The zero-order chi connectivity index (χ0) is 14.9. The molecule has 0 fully saturated rings. The van der Waals surface area contributed by atoms with Crippen molar-refractivity contribution in [2.24, 2.45) is 5.73 Å². The van der Waals surface area contributed by atoms with E-state index in [-0.39, 0.29) is 17.3 Å². The van der Waals surface area contributed by atoms with Gasteiger partial charge in [-0.05, 0) is 41.9 Å². The summed E-state index contributed by atoms with van der Waals surface area (Å²) >= 11 is 3.31. The number of halogens is 1. The number of pyridine rings is 1. The Bertz CT molecular complexity index is 741. The molecule has 0 aliphatic heterocycles. The van der Waals surface area contributed by atoms with E-state index in [0.717, 1.165) is 4.47 Å². The summed E-state index contributed by atoms with van der Waals surface area (Å²) in [6.07, 6.45) is 0. The van der Waals surface area contributed by atoms with E-state index in [2.05, 4.69) is 35.8 Å². The van der Waals surface area contributed by atoms with Gasteiger partial charge >= 0.3 is 0 Å². The van der Waals surface area contributed by atoms with Crippen molar-refractivity contribution in [3.63, 3.8) is 0 Å². The quantitative estimate of drug-likeness (QED) is 0.764. The minimum Gasteiger partial charge on any atom is -0.325 e. The molecule has 4 N–H and O–H groups in total. The molecule has 0 amide bonds. The van der Waals surface area contributed by atoms with Crippen molar-refractivity contribution in [1.29, 1.82) is 0 Å². The van der Waals surface area contributed by atoms with Gasteiger partial charge in [0.25, 0.3) is 10.0 Å². The van der Waals surface area contributed by atoms with Crippen LogP contribution in [0.2, 0.25) is 0 Å². The summed E-state index contributed by atoms with van der Waals surface area (Å²) in [7, 11) is -3.77. The second-order valence-electron chi connectivity index (χ2n) is 4.20. The normalized spacial score (nSPS) is 11.6. The number of aryl methyl sites for hydroxylation is 2. The molecule has 108 valence electrons. The lowest BCUT2D eigenvalue weighted by Gasteiger charge is -2.09. The van der Waals surface area contributed by atoms with Gasteiger partial charge in [0.15, 0.2) is 0 Å². The van der Waals surface area contributed by atoms with Gasteiger partial charge in [-0.15, -0.1) is 0 Å². The molecule has 7 nitrogen and oxygen atoms in total. The molecule has 2 heterocycles. The molecule has 0 unspecified atom stereocenters. The third-order valence-electron chi connectivity index (χ3n) is 2.68. The Labute approximate surface area is 125 Å². The lowest BCUT2D eigenvalue weighted by molar-refractivity contribution is 0.599. The Morgan fingerprint density at radius 3 is 2.70 bits per heavy atom. The van der Waals surface area contributed by atoms with Crippen molar-refractivity contribution in [1.82, 2.24) is 15.2 Å². The van der Waals surface area contributed by atoms with Crippen LogP contribution < -0.4 is 10.5 Å². The number of rotatable bonds is 4. The molecule has 2 rings (SSSR count). The van der Waals surface area contributed by atoms with Crippen molar-refractivity contribution in [2.75, 3.05) is 4.72 Å². The first-order chi connectivity index (χ1) is 9.35. The van der Waals surface area contributed by atoms with Crippen molar-refractivity contribution in [3.8, 4) is 0 Å². The molecule has 2 aromatic heterocycles. The monoisotopic (exact) mass is 359 g/mol. The van der Waals surface area contributed by atoms with Crippen LogP contribution >= 0.6 is 15.9 Å². The van der Waals surface area contributed by atoms with Crippen molar-refractivity contribution in [2.45, 2.75) is 25.3 Å². The predicted molar refractivity (Wildman–Crippen MR) is 78.7 cm³/mol. The van der Waals surface area contributed by atoms with Crippen molar-refractivity contribution in [3.05, 3.63) is 33.7 Å². The number of aromatic amines is 1. The van der Waals surface area contributed by atoms with E-state index >= 15 is 0 Å². The number of nitrogens with one attached hydrogen (secondary N) is 2. The molecule has 0 saturated heterocycles. The number of nitrogens with two attached hydrogens (primary N) is 1. The minimum atomic E-state index is -3.77. The SMILES string of the molecule is Cc1nc(NS(=O)(=O)c2c(CN)n[nH]c2C)ccc1Br. The molecule has 0 aromatic carbocycles. The Hall–Kier alpha value is -1.45. The first-order valence-electron chi connectivity index (χ1n) is 5.75. The highest BCUT2D eigenvalue weighted by atomic mass is 79.9. The van der Waals surface area contributed by atoms with Gasteiger partial charge in [0.1, 0.15) is 10.7 Å². The minimum absolute atomic E-state index is 0.0351. The Balaban J connectivity index is 2.40. The van der Waals surface area contributed by atoms with Gasteiger partial charge in [-0.25, -0.2) is 13.4 Å². The van der Waals surface area contributed by atoms with Gasteiger partial charge in [0, 0.05) is 11.0 Å². The van der Waals surface area contributed by atoms with E-state index in [1.165, 1.54) is 0 Å². The molecule has 2 aromatic rings. The van der Waals surface area contributed by atoms with E-state index in [1.807, 2.05) is 0 Å². The van der Waals surface area contributed by atoms with Gasteiger partial charge in [-0.2, -0.15) is 5.10 Å². The Morgan fingerprint density at radius 1 is 1.40 bits per heavy atom. The van der Waals surface area contributed by atoms with Crippen LogP contribution in [0.3, 0.4) is 0 Å². The number of hydrogen-bond donors (Lipinski definition) is 3. The van der Waals surface area contributed by atoms with Crippen molar-refractivity contribution >= 4 is 31.8 Å². The van der Waals surface area contributed by atoms with Crippen LogP contribution in [0.1, 0.15) is 17.1 Å². The zero-order valence-electron chi connectivity index (χ0n) is 10.9. The van der Waals surface area contributed by atoms with Crippen molar-refractivity contribution < 1.29 is 8.42 Å². The standard InChI is InChI=1S/C11H14BrN5O2S/c1-6-8(12)3-4-10(14-6)17-20(18,19)11-7(2)15-16-9(11)5-13/h3-4H,5,13H2,1-2H3,(H,14,17)(H,15,16). The number of sulfonamides is 1. The largest absolute Gasteiger partial charge is 0.325 e. The second kappa shape index (κ2) is 5.51. The maximum atomic E-state index is 12.4. The van der Waals surface area contributed by atoms with Gasteiger partial charge < -0.3 is 5.73 Å². The van der Waals surface area contributed by atoms with Gasteiger partial charge in [-0.1, -0.05) is 0 Å². The average Bonchev–Trinajstić information content (AvgIpc) is 2.75. The molecular weight excluding hydrogens is 346 g/mol. The van der Waals surface area contributed by atoms with E-state index in [9.17, 15) is 8.42 Å². The highest BCUT2D eigenvalue weighted by molar-refractivity contribution is 9.10. The third kappa shape index (κ3) is 2.84. The smallest absolute Gasteiger partial charge is 0.266 e. The number of aromatic nitrogens is 3. The summed E-state index contributed by atoms with van der Waals surface area (Å²) in [5.74, 6) is 0.245. The molecule has 9 heteroatoms. The van der Waals surface area contributed by atoms with E-state index < -0.39 is 10.0 Å². The molecular formula is C11H14BrN5O2S. The zero-order valence-corrected chi connectivity index (χ0v) is 13.3. The first-order valence-corrected chi connectivity index (χ1v) is 8.02. The van der Waals surface area contributed by atoms with Crippen LogP contribution in [-0.2, 0) is 16.6 Å². The summed E-state index contributed by atoms with van der Waals surface area (Å²) in [6, 6.07) is 3.30. The molecule has 0 aliphatic carbocycles. The summed E-state index contributed by atoms with van der Waals surface area (Å²) in [4.78, 5) is 4.23. The summed E-state index contributed by atoms with van der Waals surface area (Å²) in [5.41, 5.74) is 6.92. The molecule has 0 aliphatic rings. The number of hydrogen-bond acceptors (Lipinski definition) is 5. The van der Waals surface area contributed by atoms with Gasteiger partial charge in [0.05, 0.1) is 17.1 Å². The van der Waals surface area contributed by atoms with Crippen LogP contribution in [0.25, 0.3) is 0 Å². The van der Waals surface area contributed by atoms with Gasteiger partial charge in [0.2, 0.25) is 0 Å². The molecule has 0 saturated carbocycles. The lowest BCUT2D eigenvalue weighted by atomic mass is 10.4. The number of nitrogens with zero attached hydrogens (tertiary/aromatic N) is 2. The molecule has 0 bridgehead atoms. The second-order valence-corrected chi connectivity index (χ2v) is 6.67. The first kappa shape index (κ1) is 14.9. The van der Waals surface area contributed by atoms with Crippen LogP contribution in [0.15, 0.2) is 21.5 Å². The highest BCUT2D eigenvalue weighted by Gasteiger charge is 2.24. The van der Waals surface area contributed by atoms with Crippen LogP contribution in [0.5, 0.6) is 0 Å². The van der Waals surface area contributed by atoms with Gasteiger partial charge in [-0.3, -0.25) is 9.82 Å². The summed E-state index contributed by atoms with van der Waals surface area (Å²) in [5, 5.41) is 6.50. The fourth-order valence-corrected chi connectivity index (χ4v) is 3.35. The van der Waals surface area contributed by atoms with E-state index in [0.29, 0.717) is 17.1 Å². The molecule has 0 spiro atoms. The maximum Gasteiger partial charge on any atom is 0.266 e. The Morgan fingerprint density at radius 2 is 2.10 bits per heavy atom.